The summed E-state index contributed by atoms with van der Waals surface area (Å²) in [5, 5.41) is 14.0. The molecule has 6 heteroatoms. The summed E-state index contributed by atoms with van der Waals surface area (Å²) in [6.45, 7) is 1.95. The maximum atomic E-state index is 12.3. The first-order valence-corrected chi connectivity index (χ1v) is 12.7. The van der Waals surface area contributed by atoms with Crippen molar-refractivity contribution in [3.05, 3.63) is 72.6 Å². The molecule has 2 aliphatic carbocycles. The number of nitriles is 1. The van der Waals surface area contributed by atoms with Crippen molar-refractivity contribution in [2.24, 2.45) is 5.92 Å². The normalized spacial score (nSPS) is 16.2. The predicted molar refractivity (Wildman–Crippen MR) is 140 cm³/mol. The molecule has 6 nitrogen and oxygen atoms in total. The van der Waals surface area contributed by atoms with Gasteiger partial charge in [0, 0.05) is 35.1 Å². The van der Waals surface area contributed by atoms with Gasteiger partial charge >= 0.3 is 6.09 Å². The molecule has 1 N–H and O–H groups in total. The number of hydrogen-bond donors (Lipinski definition) is 1. The number of aromatic nitrogens is 2. The number of rotatable bonds is 6. The van der Waals surface area contributed by atoms with Gasteiger partial charge in [-0.25, -0.2) is 4.79 Å². The van der Waals surface area contributed by atoms with Crippen LogP contribution in [0.2, 0.25) is 0 Å². The Morgan fingerprint density at radius 1 is 1.08 bits per heavy atom. The molecule has 180 valence electrons. The number of carbonyl (C=O) groups excluding carboxylic acids is 1. The molecule has 1 atom stereocenters. The van der Waals surface area contributed by atoms with Crippen LogP contribution in [0.5, 0.6) is 0 Å². The van der Waals surface area contributed by atoms with Gasteiger partial charge in [-0.05, 0) is 80.3 Å². The molecule has 0 radical (unpaired) electrons. The van der Waals surface area contributed by atoms with Crippen LogP contribution in [0.15, 0.2) is 67.0 Å². The Morgan fingerprint density at radius 2 is 1.86 bits per heavy atom. The number of nitrogens with zero attached hydrogens (tertiary/aromatic N) is 3. The zero-order chi connectivity index (χ0) is 24.6. The summed E-state index contributed by atoms with van der Waals surface area (Å²) in [7, 11) is 0. The lowest BCUT2D eigenvalue weighted by Crippen LogP contribution is -2.21. The number of hydrogen-bond acceptors (Lipinski definition) is 4. The first-order valence-electron chi connectivity index (χ1n) is 12.7. The minimum Gasteiger partial charge on any atom is -0.446 e. The highest BCUT2D eigenvalue weighted by molar-refractivity contribution is 5.97. The fourth-order valence-electron chi connectivity index (χ4n) is 5.13. The highest BCUT2D eigenvalue weighted by Gasteiger charge is 2.31. The molecular formula is C30H28N4O2. The van der Waals surface area contributed by atoms with Gasteiger partial charge in [-0.15, -0.1) is 0 Å². The zero-order valence-corrected chi connectivity index (χ0v) is 20.3. The van der Waals surface area contributed by atoms with Crippen LogP contribution in [0, 0.1) is 17.2 Å². The van der Waals surface area contributed by atoms with Crippen LogP contribution in [0.4, 0.5) is 10.5 Å². The third-order valence-corrected chi connectivity index (χ3v) is 7.53. The van der Waals surface area contributed by atoms with Gasteiger partial charge in [-0.1, -0.05) is 30.3 Å². The van der Waals surface area contributed by atoms with E-state index in [1.807, 2.05) is 43.5 Å². The monoisotopic (exact) mass is 476 g/mol. The number of pyridine rings is 1. The van der Waals surface area contributed by atoms with E-state index >= 15 is 0 Å². The van der Waals surface area contributed by atoms with E-state index in [0.29, 0.717) is 23.2 Å². The summed E-state index contributed by atoms with van der Waals surface area (Å²) in [5.41, 5.74) is 6.48. The lowest BCUT2D eigenvalue weighted by atomic mass is 9.92. The van der Waals surface area contributed by atoms with E-state index in [9.17, 15) is 10.1 Å². The molecule has 2 saturated carbocycles. The Hall–Kier alpha value is -4.11. The van der Waals surface area contributed by atoms with Crippen LogP contribution in [-0.2, 0) is 4.74 Å². The molecule has 6 rings (SSSR count). The van der Waals surface area contributed by atoms with E-state index in [1.165, 1.54) is 6.42 Å². The summed E-state index contributed by atoms with van der Waals surface area (Å²) in [4.78, 5) is 16.6. The molecular weight excluding hydrogens is 448 g/mol. The second-order valence-corrected chi connectivity index (χ2v) is 9.91. The van der Waals surface area contributed by atoms with Gasteiger partial charge in [0.2, 0.25) is 0 Å². The van der Waals surface area contributed by atoms with Gasteiger partial charge < -0.3 is 9.30 Å². The number of fused-ring (bicyclic) bond motifs is 1. The first-order chi connectivity index (χ1) is 17.6. The molecule has 0 saturated heterocycles. The number of amides is 1. The number of ether oxygens (including phenoxy) is 1. The fourth-order valence-corrected chi connectivity index (χ4v) is 5.13. The summed E-state index contributed by atoms with van der Waals surface area (Å²) in [6.07, 6.45) is 8.81. The minimum absolute atomic E-state index is 0.0581. The molecule has 1 amide bonds. The van der Waals surface area contributed by atoms with Crippen LogP contribution in [0.3, 0.4) is 0 Å². The van der Waals surface area contributed by atoms with Crippen LogP contribution >= 0.6 is 0 Å². The SMILES string of the molecule is C[C@@H](OC(=O)Nc1ccc(-c2c(C#N)c3ccc(-c4cccnc4)cc3n2C2CCC2)cc1)C1CC1. The molecule has 0 aliphatic heterocycles. The molecule has 2 heterocycles. The summed E-state index contributed by atoms with van der Waals surface area (Å²) in [5.74, 6) is 0.495. The van der Waals surface area contributed by atoms with Crippen LogP contribution in [0.25, 0.3) is 33.3 Å². The minimum atomic E-state index is -0.425. The highest BCUT2D eigenvalue weighted by atomic mass is 16.6. The molecule has 2 aliphatic rings. The van der Waals surface area contributed by atoms with Crippen molar-refractivity contribution in [1.82, 2.24) is 9.55 Å². The topological polar surface area (TPSA) is 79.9 Å². The van der Waals surface area contributed by atoms with Crippen molar-refractivity contribution >= 4 is 22.7 Å². The van der Waals surface area contributed by atoms with E-state index in [4.69, 9.17) is 4.74 Å². The average molecular weight is 477 g/mol. The molecule has 4 aromatic rings. The molecule has 2 fully saturated rings. The maximum Gasteiger partial charge on any atom is 0.411 e. The van der Waals surface area contributed by atoms with Gasteiger partial charge in [0.05, 0.1) is 16.8 Å². The van der Waals surface area contributed by atoms with Gasteiger partial charge in [0.15, 0.2) is 0 Å². The maximum absolute atomic E-state index is 12.3. The summed E-state index contributed by atoms with van der Waals surface area (Å²) >= 11 is 0. The second kappa shape index (κ2) is 9.16. The first kappa shape index (κ1) is 22.4. The summed E-state index contributed by atoms with van der Waals surface area (Å²) in [6, 6.07) is 20.9. The van der Waals surface area contributed by atoms with Crippen LogP contribution < -0.4 is 5.32 Å². The highest BCUT2D eigenvalue weighted by Crippen LogP contribution is 2.43. The van der Waals surface area contributed by atoms with Crippen molar-refractivity contribution < 1.29 is 9.53 Å². The number of benzene rings is 2. The Labute approximate surface area is 210 Å². The molecule has 2 aromatic heterocycles. The molecule has 0 unspecified atom stereocenters. The predicted octanol–water partition coefficient (Wildman–Crippen LogP) is 7.31. The van der Waals surface area contributed by atoms with Crippen LogP contribution in [-0.4, -0.2) is 21.7 Å². The Morgan fingerprint density at radius 3 is 2.50 bits per heavy atom. The number of carbonyl (C=O) groups is 1. The lowest BCUT2D eigenvalue weighted by molar-refractivity contribution is 0.108. The van der Waals surface area contributed by atoms with Gasteiger partial charge in [-0.3, -0.25) is 10.3 Å². The molecule has 0 bridgehead atoms. The molecule has 36 heavy (non-hydrogen) atoms. The van der Waals surface area contributed by atoms with Crippen molar-refractivity contribution in [2.75, 3.05) is 5.32 Å². The van der Waals surface area contributed by atoms with Crippen LogP contribution in [0.1, 0.15) is 50.6 Å². The van der Waals surface area contributed by atoms with E-state index in [0.717, 1.165) is 59.0 Å². The van der Waals surface area contributed by atoms with Gasteiger partial charge in [0.25, 0.3) is 0 Å². The average Bonchev–Trinajstić information content (AvgIpc) is 3.67. The quantitative estimate of drug-likeness (QED) is 0.316. The van der Waals surface area contributed by atoms with E-state index in [-0.39, 0.29) is 6.10 Å². The Kier molecular flexibility index (Phi) is 5.69. The third kappa shape index (κ3) is 4.11. The summed E-state index contributed by atoms with van der Waals surface area (Å²) < 4.78 is 7.84. The van der Waals surface area contributed by atoms with Crippen molar-refractivity contribution in [2.45, 2.75) is 51.2 Å². The second-order valence-electron chi connectivity index (χ2n) is 9.91. The zero-order valence-electron chi connectivity index (χ0n) is 20.3. The smallest absolute Gasteiger partial charge is 0.411 e. The number of nitrogens with one attached hydrogen (secondary N) is 1. The van der Waals surface area contributed by atoms with E-state index in [1.54, 1.807) is 6.20 Å². The van der Waals surface area contributed by atoms with Gasteiger partial charge in [-0.2, -0.15) is 5.26 Å². The molecule has 2 aromatic carbocycles. The fraction of sp³-hybridized carbons (Fsp3) is 0.300. The van der Waals surface area contributed by atoms with E-state index < -0.39 is 6.09 Å². The van der Waals surface area contributed by atoms with E-state index in [2.05, 4.69) is 45.2 Å². The van der Waals surface area contributed by atoms with Crippen molar-refractivity contribution in [3.8, 4) is 28.5 Å². The Bertz CT molecular complexity index is 1460. The lowest BCUT2D eigenvalue weighted by Gasteiger charge is -2.30. The van der Waals surface area contributed by atoms with Gasteiger partial charge in [0.1, 0.15) is 12.2 Å². The van der Waals surface area contributed by atoms with Crippen molar-refractivity contribution in [3.63, 3.8) is 0 Å². The van der Waals surface area contributed by atoms with Crippen molar-refractivity contribution in [1.29, 1.82) is 5.26 Å². The standard InChI is InChI=1S/C30H28N4O2/c1-19(20-7-8-20)36-30(35)33-24-12-9-21(10-13-24)29-27(17-31)26-14-11-22(23-4-3-15-32-18-23)16-28(26)34(29)25-5-2-6-25/h3-4,9-16,18-20,25H,2,5-8H2,1H3,(H,33,35)/t19-/m1/s1. The number of anilines is 1. The Balaban J connectivity index is 1.37. The molecule has 0 spiro atoms. The largest absolute Gasteiger partial charge is 0.446 e. The third-order valence-electron chi connectivity index (χ3n) is 7.53.